The molecule has 1 aliphatic heterocycles. The van der Waals surface area contributed by atoms with Gasteiger partial charge in [-0.2, -0.15) is 0 Å². The molecule has 0 bridgehead atoms. The molecule has 1 heterocycles. The van der Waals surface area contributed by atoms with E-state index >= 15 is 0 Å². The van der Waals surface area contributed by atoms with E-state index in [2.05, 4.69) is 6.92 Å². The van der Waals surface area contributed by atoms with Gasteiger partial charge < -0.3 is 10.0 Å². The lowest BCUT2D eigenvalue weighted by atomic mass is 9.78. The van der Waals surface area contributed by atoms with Crippen LogP contribution in [0.15, 0.2) is 36.4 Å². The summed E-state index contributed by atoms with van der Waals surface area (Å²) in [5, 5.41) is 31.5. The maximum Gasteiger partial charge on any atom is 0.272 e. The van der Waals surface area contributed by atoms with Crippen LogP contribution < -0.4 is 0 Å². The summed E-state index contributed by atoms with van der Waals surface area (Å²) in [6.07, 6.45) is 2.24. The zero-order valence-corrected chi connectivity index (χ0v) is 25.3. The summed E-state index contributed by atoms with van der Waals surface area (Å²) in [5.41, 5.74) is 2.02. The Kier molecular flexibility index (Phi) is 9.92. The number of nitro groups is 1. The summed E-state index contributed by atoms with van der Waals surface area (Å²) < 4.78 is 0. The number of halogens is 1. The van der Waals surface area contributed by atoms with Crippen molar-refractivity contribution < 1.29 is 14.8 Å². The second kappa shape index (κ2) is 12.0. The van der Waals surface area contributed by atoms with E-state index in [9.17, 15) is 20.0 Å². The van der Waals surface area contributed by atoms with Crippen LogP contribution in [0.2, 0.25) is 0 Å². The Morgan fingerprint density at radius 2 is 1.66 bits per heavy atom. The van der Waals surface area contributed by atoms with Crippen molar-refractivity contribution in [3.63, 3.8) is 0 Å². The number of ketones is 1. The summed E-state index contributed by atoms with van der Waals surface area (Å²) in [4.78, 5) is 26.6. The first-order valence-corrected chi connectivity index (χ1v) is 13.1. The minimum absolute atomic E-state index is 0. The van der Waals surface area contributed by atoms with E-state index in [1.54, 1.807) is 30.3 Å². The predicted molar refractivity (Wildman–Crippen MR) is 158 cm³/mol. The van der Waals surface area contributed by atoms with Gasteiger partial charge in [-0.25, -0.2) is 0 Å². The fourth-order valence-electron chi connectivity index (χ4n) is 5.34. The number of amidine groups is 1. The molecule has 208 valence electrons. The Morgan fingerprint density at radius 3 is 2.16 bits per heavy atom. The average molecular weight is 589 g/mol. The van der Waals surface area contributed by atoms with Crippen molar-refractivity contribution in [2.45, 2.75) is 78.6 Å². The molecule has 2 atom stereocenters. The first kappa shape index (κ1) is 31.5. The smallest absolute Gasteiger partial charge is 0.272 e. The fourth-order valence-corrected chi connectivity index (χ4v) is 5.34. The minimum atomic E-state index is -0.367. The van der Waals surface area contributed by atoms with Crippen molar-refractivity contribution in [2.75, 3.05) is 13.1 Å². The number of Topliss-reactive ketones (excluding diaryl/α,β-unsaturated/α-hetero) is 1. The van der Waals surface area contributed by atoms with Crippen LogP contribution >= 0.6 is 17.0 Å². The molecular formula is C30H42BrN3O4. The van der Waals surface area contributed by atoms with E-state index in [1.807, 2.05) is 46.4 Å². The number of carbonyl (C=O) groups is 1. The summed E-state index contributed by atoms with van der Waals surface area (Å²) in [7, 11) is 0. The van der Waals surface area contributed by atoms with Gasteiger partial charge in [0.1, 0.15) is 11.6 Å². The Hall–Kier alpha value is -2.74. The highest BCUT2D eigenvalue weighted by Crippen LogP contribution is 2.40. The molecule has 3 rings (SSSR count). The van der Waals surface area contributed by atoms with Gasteiger partial charge in [-0.3, -0.25) is 20.3 Å². The molecule has 2 N–H and O–H groups in total. The first-order valence-electron chi connectivity index (χ1n) is 13.1. The Morgan fingerprint density at radius 1 is 1.11 bits per heavy atom. The van der Waals surface area contributed by atoms with E-state index in [1.165, 1.54) is 6.07 Å². The average Bonchev–Trinajstić information content (AvgIpc) is 3.07. The molecule has 0 saturated carbocycles. The van der Waals surface area contributed by atoms with E-state index in [0.29, 0.717) is 29.9 Å². The molecule has 2 aromatic rings. The number of carbonyl (C=O) groups excluding carboxylic acids is 1. The van der Waals surface area contributed by atoms with Crippen molar-refractivity contribution >= 4 is 34.3 Å². The van der Waals surface area contributed by atoms with Crippen LogP contribution in [0.5, 0.6) is 5.75 Å². The van der Waals surface area contributed by atoms with Gasteiger partial charge in [-0.15, -0.1) is 17.0 Å². The van der Waals surface area contributed by atoms with Gasteiger partial charge in [0.15, 0.2) is 5.78 Å². The van der Waals surface area contributed by atoms with E-state index in [0.717, 1.165) is 24.0 Å². The normalized spacial score (nSPS) is 17.9. The van der Waals surface area contributed by atoms with Gasteiger partial charge in [0.25, 0.3) is 5.69 Å². The van der Waals surface area contributed by atoms with Gasteiger partial charge in [0, 0.05) is 40.8 Å². The monoisotopic (exact) mass is 587 g/mol. The largest absolute Gasteiger partial charge is 0.507 e. The molecule has 0 radical (unpaired) electrons. The number of hydrogen-bond acceptors (Lipinski definition) is 5. The number of hydrogen-bond donors (Lipinski definition) is 2. The lowest BCUT2D eigenvalue weighted by Gasteiger charge is -2.28. The number of likely N-dealkylation sites (tertiary alicyclic amines) is 1. The van der Waals surface area contributed by atoms with Gasteiger partial charge in [-0.05, 0) is 41.7 Å². The number of nitrogens with zero attached hydrogens (tertiary/aromatic N) is 2. The van der Waals surface area contributed by atoms with Gasteiger partial charge in [0.05, 0.1) is 11.5 Å². The Labute approximate surface area is 237 Å². The number of aromatic hydroxyl groups is 1. The molecular weight excluding hydrogens is 546 g/mol. The predicted octanol–water partition coefficient (Wildman–Crippen LogP) is 7.22. The molecule has 0 aliphatic carbocycles. The number of para-hydroxylation sites is 1. The molecule has 1 aliphatic rings. The zero-order valence-electron chi connectivity index (χ0n) is 23.6. The summed E-state index contributed by atoms with van der Waals surface area (Å²) >= 11 is 0. The molecule has 2 unspecified atom stereocenters. The van der Waals surface area contributed by atoms with Gasteiger partial charge in [0.2, 0.25) is 0 Å². The molecule has 1 saturated heterocycles. The summed E-state index contributed by atoms with van der Waals surface area (Å²) in [5.74, 6) is 0.486. The highest BCUT2D eigenvalue weighted by Gasteiger charge is 2.39. The second-order valence-corrected chi connectivity index (χ2v) is 12.4. The standard InChI is InChI=1S/C30H41N3O4.BrH/c1-8-11-20-17-32(28(31)22(20)14-19-12-9-10-13-25(19)33(36)37)18-26(34)21-15-23(29(2,3)4)27(35)24(16-21)30(5,6)7;/h9-10,12-13,15-16,20,22,31,35H,8,11,14,17-18H2,1-7H3;1H. The van der Waals surface area contributed by atoms with Crippen LogP contribution in [0, 0.1) is 27.4 Å². The molecule has 0 spiro atoms. The van der Waals surface area contributed by atoms with Crippen molar-refractivity contribution in [2.24, 2.45) is 11.8 Å². The number of phenolic OH excluding ortho intramolecular Hbond substituents is 1. The molecule has 38 heavy (non-hydrogen) atoms. The summed E-state index contributed by atoms with van der Waals surface area (Å²) in [6.45, 7) is 14.8. The molecule has 0 amide bonds. The SMILES string of the molecule is Br.CCCC1CN(CC(=O)c2cc(C(C)(C)C)c(O)c(C(C)(C)C)c2)C(=N)C1Cc1ccccc1[N+](=O)[O-]. The van der Waals surface area contributed by atoms with Crippen molar-refractivity contribution in [1.29, 1.82) is 5.41 Å². The lowest BCUT2D eigenvalue weighted by Crippen LogP contribution is -2.33. The molecule has 2 aromatic carbocycles. The van der Waals surface area contributed by atoms with Crippen LogP contribution in [-0.4, -0.2) is 39.6 Å². The highest BCUT2D eigenvalue weighted by molar-refractivity contribution is 8.93. The third kappa shape index (κ3) is 6.82. The number of benzene rings is 2. The third-order valence-corrected chi connectivity index (χ3v) is 7.39. The van der Waals surface area contributed by atoms with Crippen molar-refractivity contribution in [1.82, 2.24) is 4.90 Å². The third-order valence-electron chi connectivity index (χ3n) is 7.39. The van der Waals surface area contributed by atoms with Crippen LogP contribution in [0.3, 0.4) is 0 Å². The quantitative estimate of drug-likeness (QED) is 0.192. The fraction of sp³-hybridized carbons (Fsp3) is 0.533. The van der Waals surface area contributed by atoms with Gasteiger partial charge >= 0.3 is 0 Å². The van der Waals surface area contributed by atoms with E-state index in [-0.39, 0.29) is 68.3 Å². The maximum absolute atomic E-state index is 13.6. The van der Waals surface area contributed by atoms with Gasteiger partial charge in [-0.1, -0.05) is 73.1 Å². The molecule has 0 aromatic heterocycles. The number of nitro benzene ring substituents is 1. The number of rotatable bonds is 8. The minimum Gasteiger partial charge on any atom is -0.507 e. The van der Waals surface area contributed by atoms with Crippen molar-refractivity contribution in [3.8, 4) is 5.75 Å². The molecule has 8 heteroatoms. The van der Waals surface area contributed by atoms with Crippen molar-refractivity contribution in [3.05, 3.63) is 68.8 Å². The lowest BCUT2D eigenvalue weighted by molar-refractivity contribution is -0.385. The van der Waals surface area contributed by atoms with Crippen LogP contribution in [0.1, 0.15) is 88.4 Å². The Balaban J connectivity index is 0.00000507. The Bertz CT molecular complexity index is 1160. The highest BCUT2D eigenvalue weighted by atomic mass is 79.9. The zero-order chi connectivity index (χ0) is 27.7. The first-order chi connectivity index (χ1) is 17.1. The maximum atomic E-state index is 13.6. The second-order valence-electron chi connectivity index (χ2n) is 12.4. The summed E-state index contributed by atoms with van der Waals surface area (Å²) in [6, 6.07) is 10.3. The van der Waals surface area contributed by atoms with E-state index in [4.69, 9.17) is 5.41 Å². The number of nitrogens with one attached hydrogen (secondary N) is 1. The van der Waals surface area contributed by atoms with Crippen LogP contribution in [0.4, 0.5) is 5.69 Å². The van der Waals surface area contributed by atoms with Crippen LogP contribution in [-0.2, 0) is 17.3 Å². The number of phenols is 1. The van der Waals surface area contributed by atoms with Crippen LogP contribution in [0.25, 0.3) is 0 Å². The van der Waals surface area contributed by atoms with E-state index < -0.39 is 0 Å². The topological polar surface area (TPSA) is 108 Å². The molecule has 1 fully saturated rings. The molecule has 7 nitrogen and oxygen atoms in total.